The maximum atomic E-state index is 12.8. The zero-order valence-electron chi connectivity index (χ0n) is 8.51. The number of hydrogen-bond donors (Lipinski definition) is 1. The molecule has 0 unspecified atom stereocenters. The summed E-state index contributed by atoms with van der Waals surface area (Å²) in [6.07, 6.45) is 0.197. The molecule has 96 valence electrons. The van der Waals surface area contributed by atoms with Gasteiger partial charge in [0.2, 0.25) is 10.0 Å². The predicted molar refractivity (Wildman–Crippen MR) is 59.1 cm³/mol. The van der Waals surface area contributed by atoms with Crippen LogP contribution in [0.4, 0.5) is 18.9 Å². The third-order valence-electron chi connectivity index (χ3n) is 1.80. The van der Waals surface area contributed by atoms with Crippen molar-refractivity contribution in [3.8, 4) is 0 Å². The Morgan fingerprint density at radius 2 is 1.71 bits per heavy atom. The summed E-state index contributed by atoms with van der Waals surface area (Å²) in [5, 5.41) is 0. The molecule has 0 fully saturated rings. The minimum Gasteiger partial charge on any atom is -0.283 e. The number of hydrogen-bond acceptors (Lipinski definition) is 2. The summed E-state index contributed by atoms with van der Waals surface area (Å²) in [5.74, 6) is -4.70. The lowest BCUT2D eigenvalue weighted by atomic mass is 10.3. The van der Waals surface area contributed by atoms with E-state index in [1.54, 1.807) is 0 Å². The summed E-state index contributed by atoms with van der Waals surface area (Å²) >= 11 is 5.32. The van der Waals surface area contributed by atoms with Gasteiger partial charge in [0.25, 0.3) is 0 Å². The summed E-state index contributed by atoms with van der Waals surface area (Å²) in [6, 6.07) is 1.13. The Morgan fingerprint density at radius 3 is 2.18 bits per heavy atom. The highest BCUT2D eigenvalue weighted by atomic mass is 35.5. The van der Waals surface area contributed by atoms with Crippen molar-refractivity contribution in [1.29, 1.82) is 0 Å². The third-order valence-corrected chi connectivity index (χ3v) is 3.44. The molecule has 0 aliphatic rings. The molecule has 0 aromatic heterocycles. The number of rotatable bonds is 5. The summed E-state index contributed by atoms with van der Waals surface area (Å²) in [4.78, 5) is 0. The molecule has 0 atom stereocenters. The second-order valence-electron chi connectivity index (χ2n) is 3.22. The van der Waals surface area contributed by atoms with E-state index >= 15 is 0 Å². The minimum atomic E-state index is -3.73. The number of benzene rings is 1. The molecular weight excluding hydrogens is 279 g/mol. The van der Waals surface area contributed by atoms with Crippen molar-refractivity contribution in [3.63, 3.8) is 0 Å². The SMILES string of the molecule is O=S(=O)(CCCCl)Nc1cc(F)c(F)c(F)c1. The fraction of sp³-hybridized carbons (Fsp3) is 0.333. The Morgan fingerprint density at radius 1 is 1.18 bits per heavy atom. The molecule has 0 aliphatic carbocycles. The third kappa shape index (κ3) is 4.08. The fourth-order valence-electron chi connectivity index (χ4n) is 1.09. The number of alkyl halides is 1. The molecule has 0 aliphatic heterocycles. The molecule has 8 heteroatoms. The lowest BCUT2D eigenvalue weighted by Gasteiger charge is -2.07. The molecule has 0 amide bonds. The monoisotopic (exact) mass is 287 g/mol. The molecule has 0 saturated heterocycles. The van der Waals surface area contributed by atoms with Crippen LogP contribution in [0.3, 0.4) is 0 Å². The van der Waals surface area contributed by atoms with Gasteiger partial charge in [-0.15, -0.1) is 11.6 Å². The molecule has 0 heterocycles. The molecule has 17 heavy (non-hydrogen) atoms. The molecule has 0 saturated carbocycles. The molecule has 1 aromatic rings. The van der Waals surface area contributed by atoms with Crippen LogP contribution in [-0.2, 0) is 10.0 Å². The van der Waals surface area contributed by atoms with Crippen molar-refractivity contribution < 1.29 is 21.6 Å². The summed E-state index contributed by atoms with van der Waals surface area (Å²) in [5.41, 5.74) is -0.365. The van der Waals surface area contributed by atoms with E-state index in [2.05, 4.69) is 0 Å². The van der Waals surface area contributed by atoms with Gasteiger partial charge in [0, 0.05) is 18.0 Å². The molecule has 0 bridgehead atoms. The van der Waals surface area contributed by atoms with E-state index in [4.69, 9.17) is 11.6 Å². The zero-order chi connectivity index (χ0) is 13.1. The van der Waals surface area contributed by atoms with Gasteiger partial charge in [0.1, 0.15) is 0 Å². The first-order chi connectivity index (χ1) is 7.85. The predicted octanol–water partition coefficient (Wildman–Crippen LogP) is 2.47. The number of sulfonamides is 1. The van der Waals surface area contributed by atoms with Crippen LogP contribution in [0.2, 0.25) is 0 Å². The first kappa shape index (κ1) is 14.1. The Hall–Kier alpha value is -0.950. The smallest absolute Gasteiger partial charge is 0.232 e. The van der Waals surface area contributed by atoms with Gasteiger partial charge in [-0.3, -0.25) is 4.72 Å². The molecule has 3 nitrogen and oxygen atoms in total. The van der Waals surface area contributed by atoms with Gasteiger partial charge in [-0.25, -0.2) is 21.6 Å². The topological polar surface area (TPSA) is 46.2 Å². The molecule has 0 spiro atoms. The van der Waals surface area contributed by atoms with Crippen LogP contribution < -0.4 is 4.72 Å². The highest BCUT2D eigenvalue weighted by Crippen LogP contribution is 2.18. The molecule has 0 radical (unpaired) electrons. The second kappa shape index (κ2) is 5.59. The van der Waals surface area contributed by atoms with Crippen LogP contribution in [0.1, 0.15) is 6.42 Å². The summed E-state index contributed by atoms with van der Waals surface area (Å²) < 4.78 is 62.8. The van der Waals surface area contributed by atoms with E-state index in [1.807, 2.05) is 4.72 Å². The normalized spacial score (nSPS) is 11.5. The maximum absolute atomic E-state index is 12.8. The van der Waals surface area contributed by atoms with Gasteiger partial charge in [0.05, 0.1) is 11.4 Å². The van der Waals surface area contributed by atoms with E-state index in [0.29, 0.717) is 12.1 Å². The zero-order valence-corrected chi connectivity index (χ0v) is 10.1. The second-order valence-corrected chi connectivity index (χ2v) is 5.44. The Kier molecular flexibility index (Phi) is 4.64. The van der Waals surface area contributed by atoms with Crippen LogP contribution in [-0.4, -0.2) is 20.1 Å². The van der Waals surface area contributed by atoms with Crippen LogP contribution in [0.5, 0.6) is 0 Å². The largest absolute Gasteiger partial charge is 0.283 e. The quantitative estimate of drug-likeness (QED) is 0.668. The van der Waals surface area contributed by atoms with E-state index in [-0.39, 0.29) is 23.7 Å². The number of anilines is 1. The lowest BCUT2D eigenvalue weighted by Crippen LogP contribution is -2.17. The van der Waals surface area contributed by atoms with E-state index in [0.717, 1.165) is 0 Å². The van der Waals surface area contributed by atoms with Crippen molar-refractivity contribution in [2.45, 2.75) is 6.42 Å². The van der Waals surface area contributed by atoms with Crippen LogP contribution >= 0.6 is 11.6 Å². The number of nitrogens with one attached hydrogen (secondary N) is 1. The molecule has 1 N–H and O–H groups in total. The maximum Gasteiger partial charge on any atom is 0.232 e. The van der Waals surface area contributed by atoms with Crippen LogP contribution in [0, 0.1) is 17.5 Å². The number of halogens is 4. The average Bonchev–Trinajstić information content (AvgIpc) is 2.22. The molecular formula is C9H9ClF3NO2S. The standard InChI is InChI=1S/C9H9ClF3NO2S/c10-2-1-3-17(15,16)14-6-4-7(11)9(13)8(12)5-6/h4-5,14H,1-3H2. The molecule has 1 aromatic carbocycles. The van der Waals surface area contributed by atoms with Gasteiger partial charge in [-0.2, -0.15) is 0 Å². The van der Waals surface area contributed by atoms with E-state index in [9.17, 15) is 21.6 Å². The molecule has 1 rings (SSSR count). The van der Waals surface area contributed by atoms with Gasteiger partial charge in [-0.1, -0.05) is 0 Å². The Balaban J connectivity index is 2.89. The average molecular weight is 288 g/mol. The minimum absolute atomic E-state index is 0.146. The highest BCUT2D eigenvalue weighted by Gasteiger charge is 2.14. The van der Waals surface area contributed by atoms with Gasteiger partial charge in [0.15, 0.2) is 17.5 Å². The Bertz CT molecular complexity index is 484. The Labute approximate surface area is 102 Å². The van der Waals surface area contributed by atoms with E-state index in [1.165, 1.54) is 0 Å². The van der Waals surface area contributed by atoms with Crippen molar-refractivity contribution in [2.75, 3.05) is 16.4 Å². The van der Waals surface area contributed by atoms with Gasteiger partial charge >= 0.3 is 0 Å². The van der Waals surface area contributed by atoms with Crippen molar-refractivity contribution in [2.24, 2.45) is 0 Å². The van der Waals surface area contributed by atoms with Crippen LogP contribution in [0.15, 0.2) is 12.1 Å². The van der Waals surface area contributed by atoms with Crippen molar-refractivity contribution in [3.05, 3.63) is 29.6 Å². The summed E-state index contributed by atoms with van der Waals surface area (Å²) in [7, 11) is -3.73. The summed E-state index contributed by atoms with van der Waals surface area (Å²) in [6.45, 7) is 0. The van der Waals surface area contributed by atoms with Crippen LogP contribution in [0.25, 0.3) is 0 Å². The van der Waals surface area contributed by atoms with Crippen molar-refractivity contribution >= 4 is 27.3 Å². The fourth-order valence-corrected chi connectivity index (χ4v) is 2.49. The lowest BCUT2D eigenvalue weighted by molar-refractivity contribution is 0.448. The van der Waals surface area contributed by atoms with E-state index < -0.39 is 27.5 Å². The first-order valence-electron chi connectivity index (χ1n) is 4.57. The van der Waals surface area contributed by atoms with Gasteiger partial charge < -0.3 is 0 Å². The van der Waals surface area contributed by atoms with Crippen molar-refractivity contribution in [1.82, 2.24) is 0 Å². The van der Waals surface area contributed by atoms with Gasteiger partial charge in [-0.05, 0) is 6.42 Å². The highest BCUT2D eigenvalue weighted by molar-refractivity contribution is 7.92. The first-order valence-corrected chi connectivity index (χ1v) is 6.75.